The third kappa shape index (κ3) is 12.8. The standard InChI is InChI=1S/C34H35Cl3N4O4.C4H8O3/c1-41(10-4-12-42)11-5-13-43-30-9-3-8-28(34(30)37)27-7-2-6-25(33(27)36)22-45-32-16-31(26(18-39)15-29(32)35)44-21-24-14-23(17-38)19-40-20-24;1-3(2-5)4(6)7/h2-3,6-9,14-16,19-20,42H,4-5,10-13,18,21-22,39H2,1H3;3,5H,2H2,1H3,(H,6,7). The number of aliphatic hydroxyl groups excluding tert-OH is 2. The monoisotopic (exact) mass is 772 g/mol. The number of nitrogens with two attached hydrogens (primary N) is 1. The Hall–Kier alpha value is -4.12. The number of aromatic nitrogens is 1. The van der Waals surface area contributed by atoms with Gasteiger partial charge in [0.1, 0.15) is 36.5 Å². The molecule has 0 aliphatic carbocycles. The number of aliphatic hydroxyl groups is 2. The number of hydrogen-bond acceptors (Lipinski definition) is 10. The van der Waals surface area contributed by atoms with Crippen LogP contribution in [0.3, 0.4) is 0 Å². The number of carboxylic acid groups (broad SMARTS) is 1. The summed E-state index contributed by atoms with van der Waals surface area (Å²) >= 11 is 20.2. The fourth-order valence-electron chi connectivity index (χ4n) is 4.70. The lowest BCUT2D eigenvalue weighted by Crippen LogP contribution is -2.23. The number of aliphatic carboxylic acids is 1. The van der Waals surface area contributed by atoms with Crippen molar-refractivity contribution in [3.63, 3.8) is 0 Å². The van der Waals surface area contributed by atoms with Gasteiger partial charge in [-0.3, -0.25) is 9.78 Å². The lowest BCUT2D eigenvalue weighted by molar-refractivity contribution is -0.142. The highest BCUT2D eigenvalue weighted by Crippen LogP contribution is 2.40. The van der Waals surface area contributed by atoms with Crippen LogP contribution < -0.4 is 19.9 Å². The van der Waals surface area contributed by atoms with Crippen LogP contribution in [0.5, 0.6) is 17.2 Å². The van der Waals surface area contributed by atoms with Gasteiger partial charge in [-0.1, -0.05) is 65.1 Å². The largest absolute Gasteiger partial charge is 0.492 e. The van der Waals surface area contributed by atoms with E-state index in [9.17, 15) is 4.79 Å². The third-order valence-corrected chi connectivity index (χ3v) is 8.84. The van der Waals surface area contributed by atoms with Crippen molar-refractivity contribution in [1.29, 1.82) is 5.26 Å². The zero-order valence-electron chi connectivity index (χ0n) is 29.0. The maximum Gasteiger partial charge on any atom is 0.308 e. The zero-order valence-corrected chi connectivity index (χ0v) is 31.3. The van der Waals surface area contributed by atoms with E-state index in [4.69, 9.17) is 75.3 Å². The third-order valence-electron chi connectivity index (χ3n) is 7.70. The predicted molar refractivity (Wildman–Crippen MR) is 202 cm³/mol. The SMILES string of the molecule is CC(CO)C(=O)O.CN(CCCO)CCCOc1cccc(-c2cccc(COc3cc(OCc4cncc(C#N)c4)c(CN)cc3Cl)c2Cl)c1Cl. The molecule has 11 nitrogen and oxygen atoms in total. The van der Waals surface area contributed by atoms with Crippen LogP contribution in [0.1, 0.15) is 42.0 Å². The van der Waals surface area contributed by atoms with E-state index in [1.807, 2.05) is 43.4 Å². The molecule has 4 aromatic rings. The number of carboxylic acids is 1. The Bertz CT molecular complexity index is 1810. The van der Waals surface area contributed by atoms with Crippen molar-refractivity contribution >= 4 is 40.8 Å². The highest BCUT2D eigenvalue weighted by molar-refractivity contribution is 6.37. The minimum atomic E-state index is -0.956. The quantitative estimate of drug-likeness (QED) is 0.0769. The van der Waals surface area contributed by atoms with Gasteiger partial charge in [0.2, 0.25) is 0 Å². The molecule has 1 heterocycles. The van der Waals surface area contributed by atoms with Crippen molar-refractivity contribution in [2.24, 2.45) is 11.7 Å². The molecule has 278 valence electrons. The number of rotatable bonds is 18. The first kappa shape index (κ1) is 42.3. The van der Waals surface area contributed by atoms with Gasteiger partial charge in [-0.2, -0.15) is 5.26 Å². The van der Waals surface area contributed by atoms with Crippen LogP contribution in [0, 0.1) is 17.2 Å². The minimum Gasteiger partial charge on any atom is -0.492 e. The topological polar surface area (TPSA) is 171 Å². The summed E-state index contributed by atoms with van der Waals surface area (Å²) in [5, 5.41) is 35.7. The van der Waals surface area contributed by atoms with Gasteiger partial charge in [-0.25, -0.2) is 0 Å². The van der Waals surface area contributed by atoms with Crippen molar-refractivity contribution < 1.29 is 34.3 Å². The fourth-order valence-corrected chi connectivity index (χ4v) is 5.51. The van der Waals surface area contributed by atoms with Gasteiger partial charge in [0.15, 0.2) is 0 Å². The molecule has 0 saturated carbocycles. The van der Waals surface area contributed by atoms with E-state index in [2.05, 4.69) is 16.0 Å². The van der Waals surface area contributed by atoms with Crippen LogP contribution in [-0.2, 0) is 24.6 Å². The van der Waals surface area contributed by atoms with Gasteiger partial charge in [-0.15, -0.1) is 0 Å². The average Bonchev–Trinajstić information content (AvgIpc) is 3.15. The Labute approximate surface area is 319 Å². The van der Waals surface area contributed by atoms with E-state index in [1.165, 1.54) is 13.1 Å². The van der Waals surface area contributed by atoms with Crippen LogP contribution in [-0.4, -0.2) is 71.1 Å². The Morgan fingerprint density at radius 3 is 2.25 bits per heavy atom. The Balaban J connectivity index is 0.000000944. The number of ether oxygens (including phenoxy) is 3. The van der Waals surface area contributed by atoms with Crippen molar-refractivity contribution in [2.75, 3.05) is 40.0 Å². The summed E-state index contributed by atoms with van der Waals surface area (Å²) in [6.45, 7) is 4.09. The molecule has 0 aliphatic rings. The molecule has 5 N–H and O–H groups in total. The molecule has 1 unspecified atom stereocenters. The molecular formula is C38H43Cl3N4O7. The highest BCUT2D eigenvalue weighted by atomic mass is 35.5. The van der Waals surface area contributed by atoms with Crippen LogP contribution >= 0.6 is 34.8 Å². The zero-order chi connectivity index (χ0) is 38.0. The summed E-state index contributed by atoms with van der Waals surface area (Å²) < 4.78 is 18.1. The maximum atomic E-state index is 9.77. The molecule has 52 heavy (non-hydrogen) atoms. The molecule has 0 spiro atoms. The second kappa shape index (κ2) is 22.1. The number of pyridine rings is 1. The van der Waals surface area contributed by atoms with Gasteiger partial charge in [0, 0.05) is 72.5 Å². The first-order chi connectivity index (χ1) is 25.0. The van der Waals surface area contributed by atoms with E-state index in [0.29, 0.717) is 50.1 Å². The maximum absolute atomic E-state index is 9.77. The second-order valence-corrected chi connectivity index (χ2v) is 12.9. The molecule has 14 heteroatoms. The molecule has 1 atom stereocenters. The molecule has 0 fully saturated rings. The lowest BCUT2D eigenvalue weighted by Gasteiger charge is -2.17. The van der Waals surface area contributed by atoms with Crippen molar-refractivity contribution in [1.82, 2.24) is 9.88 Å². The Kier molecular flexibility index (Phi) is 17.9. The summed E-state index contributed by atoms with van der Waals surface area (Å²) in [5.74, 6) is -0.0778. The van der Waals surface area contributed by atoms with Gasteiger partial charge < -0.3 is 40.2 Å². The molecule has 3 aromatic carbocycles. The van der Waals surface area contributed by atoms with Crippen LogP contribution in [0.4, 0.5) is 0 Å². The second-order valence-electron chi connectivity index (χ2n) is 11.8. The summed E-state index contributed by atoms with van der Waals surface area (Å²) in [7, 11) is 2.02. The van der Waals surface area contributed by atoms with Crippen molar-refractivity contribution in [2.45, 2.75) is 39.5 Å². The Morgan fingerprint density at radius 2 is 1.60 bits per heavy atom. The van der Waals surface area contributed by atoms with E-state index in [-0.39, 0.29) is 33.0 Å². The van der Waals surface area contributed by atoms with E-state index in [1.54, 1.807) is 24.4 Å². The number of nitriles is 1. The highest BCUT2D eigenvalue weighted by Gasteiger charge is 2.17. The fraction of sp³-hybridized carbons (Fsp3) is 0.342. The van der Waals surface area contributed by atoms with E-state index < -0.39 is 11.9 Å². The molecular weight excluding hydrogens is 731 g/mol. The van der Waals surface area contributed by atoms with Crippen LogP contribution in [0.15, 0.2) is 67.0 Å². The van der Waals surface area contributed by atoms with E-state index >= 15 is 0 Å². The van der Waals surface area contributed by atoms with Crippen molar-refractivity contribution in [3.05, 3.63) is 104 Å². The number of benzene rings is 3. The molecule has 1 aromatic heterocycles. The predicted octanol–water partition coefficient (Wildman–Crippen LogP) is 6.98. The van der Waals surface area contributed by atoms with Gasteiger partial charge in [0.05, 0.1) is 39.8 Å². The van der Waals surface area contributed by atoms with Gasteiger partial charge >= 0.3 is 5.97 Å². The van der Waals surface area contributed by atoms with Gasteiger partial charge in [-0.05, 0) is 45.0 Å². The number of hydrogen-bond donors (Lipinski definition) is 4. The summed E-state index contributed by atoms with van der Waals surface area (Å²) in [6.07, 6.45) is 4.70. The molecule has 4 rings (SSSR count). The summed E-state index contributed by atoms with van der Waals surface area (Å²) in [5.41, 5.74) is 10.1. The smallest absolute Gasteiger partial charge is 0.308 e. The van der Waals surface area contributed by atoms with E-state index in [0.717, 1.165) is 48.2 Å². The molecule has 0 saturated heterocycles. The number of nitrogens with zero attached hydrogens (tertiary/aromatic N) is 3. The average molecular weight is 774 g/mol. The van der Waals surface area contributed by atoms with Crippen LogP contribution in [0.2, 0.25) is 15.1 Å². The van der Waals surface area contributed by atoms with Crippen LogP contribution in [0.25, 0.3) is 11.1 Å². The molecule has 0 aliphatic heterocycles. The number of carbonyl (C=O) groups is 1. The Morgan fingerprint density at radius 1 is 0.904 bits per heavy atom. The molecule has 0 amide bonds. The lowest BCUT2D eigenvalue weighted by atomic mass is 10.0. The molecule has 0 radical (unpaired) electrons. The number of halogens is 3. The molecule has 0 bridgehead atoms. The van der Waals surface area contributed by atoms with Crippen molar-refractivity contribution in [3.8, 4) is 34.4 Å². The summed E-state index contributed by atoms with van der Waals surface area (Å²) in [4.78, 5) is 16.0. The first-order valence-electron chi connectivity index (χ1n) is 16.5. The summed E-state index contributed by atoms with van der Waals surface area (Å²) in [6, 6.07) is 18.5. The minimum absolute atomic E-state index is 0.138. The normalized spacial score (nSPS) is 11.3. The first-order valence-corrected chi connectivity index (χ1v) is 17.6. The van der Waals surface area contributed by atoms with Gasteiger partial charge in [0.25, 0.3) is 0 Å².